The molecule has 2 aliphatic rings. The lowest BCUT2D eigenvalue weighted by Gasteiger charge is -2.38. The van der Waals surface area contributed by atoms with Crippen LogP contribution in [0.1, 0.15) is 91.9 Å². The third kappa shape index (κ3) is 5.86. The van der Waals surface area contributed by atoms with Gasteiger partial charge in [0.25, 0.3) is 0 Å². The van der Waals surface area contributed by atoms with Gasteiger partial charge in [-0.05, 0) is 87.4 Å². The minimum Gasteiger partial charge on any atom is -0.494 e. The van der Waals surface area contributed by atoms with Gasteiger partial charge >= 0.3 is 5.97 Å². The Bertz CT molecular complexity index is 1660. The first kappa shape index (κ1) is 30.6. The van der Waals surface area contributed by atoms with Crippen LogP contribution < -0.4 is 19.7 Å². The van der Waals surface area contributed by atoms with Gasteiger partial charge in [0.15, 0.2) is 5.60 Å². The number of anilines is 3. The van der Waals surface area contributed by atoms with E-state index in [1.807, 2.05) is 61.5 Å². The monoisotopic (exact) mass is 604 g/mol. The Morgan fingerprint density at radius 1 is 0.800 bits per heavy atom. The average Bonchev–Trinajstić information content (AvgIpc) is 3.35. The molecule has 1 spiro atoms. The van der Waals surface area contributed by atoms with Crippen molar-refractivity contribution in [3.63, 3.8) is 0 Å². The molecule has 0 saturated heterocycles. The molecular formula is C39H44N2O4. The maximum absolute atomic E-state index is 13.4. The van der Waals surface area contributed by atoms with Gasteiger partial charge in [-0.25, -0.2) is 4.79 Å². The van der Waals surface area contributed by atoms with E-state index in [1.54, 1.807) is 0 Å². The smallest absolute Gasteiger partial charge is 0.340 e. The molecule has 0 fully saturated rings. The highest BCUT2D eigenvalue weighted by Crippen LogP contribution is 2.57. The fourth-order valence-corrected chi connectivity index (χ4v) is 6.65. The van der Waals surface area contributed by atoms with Gasteiger partial charge in [-0.15, -0.1) is 0 Å². The van der Waals surface area contributed by atoms with E-state index in [1.165, 1.54) is 32.1 Å². The van der Waals surface area contributed by atoms with Gasteiger partial charge in [-0.1, -0.05) is 57.2 Å². The van der Waals surface area contributed by atoms with Crippen molar-refractivity contribution < 1.29 is 19.0 Å². The molecule has 1 N–H and O–H groups in total. The lowest BCUT2D eigenvalue weighted by atomic mass is 9.77. The van der Waals surface area contributed by atoms with Crippen molar-refractivity contribution in [1.82, 2.24) is 0 Å². The molecule has 6 rings (SSSR count). The summed E-state index contributed by atoms with van der Waals surface area (Å²) in [6, 6.07) is 26.1. The van der Waals surface area contributed by atoms with Crippen LogP contribution in [-0.2, 0) is 10.3 Å². The molecule has 0 aromatic heterocycles. The fraction of sp³-hybridized carbons (Fsp3) is 0.359. The Kier molecular flexibility index (Phi) is 9.02. The van der Waals surface area contributed by atoms with Crippen molar-refractivity contribution in [2.75, 3.05) is 29.9 Å². The van der Waals surface area contributed by atoms with Crippen LogP contribution in [0.25, 0.3) is 0 Å². The standard InChI is InChI=1S/C39H44N2O4/c1-5-8-9-10-11-14-23-41(6-2)29-19-22-33-37(25-29)44-36-24-27(4)35(40-28-17-20-30(21-18-28)43-7-3)26-34(36)39(33)32-16-13-12-15-31(32)38(42)45-39/h12-13,15-22,24-26,40H,5-11,14,23H2,1-4H3. The molecule has 4 aromatic rings. The lowest BCUT2D eigenvalue weighted by molar-refractivity contribution is 0.0224. The normalized spacial score (nSPS) is 16.0. The molecule has 0 aliphatic carbocycles. The van der Waals surface area contributed by atoms with Gasteiger partial charge in [0.1, 0.15) is 17.2 Å². The second-order valence-corrected chi connectivity index (χ2v) is 12.0. The van der Waals surface area contributed by atoms with E-state index >= 15 is 0 Å². The Hall–Kier alpha value is -4.45. The summed E-state index contributed by atoms with van der Waals surface area (Å²) in [5, 5.41) is 3.57. The van der Waals surface area contributed by atoms with E-state index in [-0.39, 0.29) is 5.97 Å². The van der Waals surface area contributed by atoms with Crippen LogP contribution >= 0.6 is 0 Å². The molecule has 2 aliphatic heterocycles. The number of rotatable bonds is 13. The molecule has 6 heteroatoms. The first-order chi connectivity index (χ1) is 22.0. The van der Waals surface area contributed by atoms with Crippen LogP contribution in [0.5, 0.6) is 17.2 Å². The van der Waals surface area contributed by atoms with Gasteiger partial charge < -0.3 is 24.4 Å². The molecule has 1 atom stereocenters. The maximum Gasteiger partial charge on any atom is 0.340 e. The van der Waals surface area contributed by atoms with Crippen LogP contribution in [0, 0.1) is 6.92 Å². The second kappa shape index (κ2) is 13.3. The number of ether oxygens (including phenoxy) is 3. The molecule has 45 heavy (non-hydrogen) atoms. The van der Waals surface area contributed by atoms with E-state index in [0.717, 1.165) is 70.3 Å². The van der Waals surface area contributed by atoms with Gasteiger partial charge in [-0.2, -0.15) is 0 Å². The van der Waals surface area contributed by atoms with E-state index in [9.17, 15) is 4.79 Å². The predicted molar refractivity (Wildman–Crippen MR) is 182 cm³/mol. The lowest BCUT2D eigenvalue weighted by Crippen LogP contribution is -2.33. The van der Waals surface area contributed by atoms with Crippen molar-refractivity contribution >= 4 is 23.0 Å². The van der Waals surface area contributed by atoms with Crippen molar-refractivity contribution in [3.8, 4) is 17.2 Å². The zero-order chi connectivity index (χ0) is 31.4. The summed E-state index contributed by atoms with van der Waals surface area (Å²) < 4.78 is 18.8. The number of nitrogens with zero attached hydrogens (tertiary/aromatic N) is 1. The number of nitrogens with one attached hydrogen (secondary N) is 1. The van der Waals surface area contributed by atoms with Crippen LogP contribution in [0.2, 0.25) is 0 Å². The third-order valence-electron chi connectivity index (χ3n) is 9.02. The highest BCUT2D eigenvalue weighted by molar-refractivity contribution is 5.97. The number of unbranched alkanes of at least 4 members (excludes halogenated alkanes) is 5. The number of hydrogen-bond donors (Lipinski definition) is 1. The topological polar surface area (TPSA) is 60.0 Å². The summed E-state index contributed by atoms with van der Waals surface area (Å²) in [6.07, 6.45) is 7.59. The number of esters is 1. The van der Waals surface area contributed by atoms with Crippen molar-refractivity contribution in [2.45, 2.75) is 71.8 Å². The number of carbonyl (C=O) groups is 1. The Balaban J connectivity index is 1.38. The Labute approximate surface area is 267 Å². The van der Waals surface area contributed by atoms with Crippen molar-refractivity contribution in [2.24, 2.45) is 0 Å². The average molecular weight is 605 g/mol. The van der Waals surface area contributed by atoms with Crippen molar-refractivity contribution in [3.05, 3.63) is 107 Å². The number of carbonyl (C=O) groups excluding carboxylic acids is 1. The van der Waals surface area contributed by atoms with Gasteiger partial charge in [-0.3, -0.25) is 0 Å². The molecule has 0 bridgehead atoms. The van der Waals surface area contributed by atoms with Crippen LogP contribution in [-0.4, -0.2) is 25.7 Å². The SMILES string of the molecule is CCCCCCCCN(CC)c1ccc2c(c1)Oc1cc(C)c(Nc3ccc(OCC)cc3)cc1C21OC(=O)c2ccccc21. The minimum atomic E-state index is -1.12. The van der Waals surface area contributed by atoms with Crippen LogP contribution in [0.4, 0.5) is 17.1 Å². The molecule has 6 nitrogen and oxygen atoms in total. The molecule has 2 heterocycles. The molecule has 4 aromatic carbocycles. The number of benzene rings is 4. The van der Waals surface area contributed by atoms with Crippen molar-refractivity contribution in [1.29, 1.82) is 0 Å². The van der Waals surface area contributed by atoms with Gasteiger partial charge in [0.2, 0.25) is 0 Å². The zero-order valence-electron chi connectivity index (χ0n) is 26.9. The summed E-state index contributed by atoms with van der Waals surface area (Å²) in [4.78, 5) is 15.8. The Morgan fingerprint density at radius 3 is 2.33 bits per heavy atom. The largest absolute Gasteiger partial charge is 0.494 e. The highest BCUT2D eigenvalue weighted by Gasteiger charge is 2.53. The number of aryl methyl sites for hydroxylation is 1. The third-order valence-corrected chi connectivity index (χ3v) is 9.02. The molecule has 0 saturated carbocycles. The van der Waals surface area contributed by atoms with Crippen LogP contribution in [0.15, 0.2) is 78.9 Å². The molecule has 0 radical (unpaired) electrons. The van der Waals surface area contributed by atoms with E-state index in [2.05, 4.69) is 55.3 Å². The van der Waals surface area contributed by atoms with Gasteiger partial charge in [0, 0.05) is 52.9 Å². The highest BCUT2D eigenvalue weighted by atomic mass is 16.6. The minimum absolute atomic E-state index is 0.326. The predicted octanol–water partition coefficient (Wildman–Crippen LogP) is 9.89. The van der Waals surface area contributed by atoms with Crippen LogP contribution in [0.3, 0.4) is 0 Å². The first-order valence-electron chi connectivity index (χ1n) is 16.5. The molecule has 234 valence electrons. The maximum atomic E-state index is 13.4. The summed E-state index contributed by atoms with van der Waals surface area (Å²) in [5.74, 6) is 1.92. The number of fused-ring (bicyclic) bond motifs is 6. The Morgan fingerprint density at radius 2 is 1.56 bits per heavy atom. The summed E-state index contributed by atoms with van der Waals surface area (Å²) in [6.45, 7) is 11.0. The summed E-state index contributed by atoms with van der Waals surface area (Å²) in [7, 11) is 0. The summed E-state index contributed by atoms with van der Waals surface area (Å²) >= 11 is 0. The van der Waals surface area contributed by atoms with E-state index in [4.69, 9.17) is 14.2 Å². The van der Waals surface area contributed by atoms with E-state index in [0.29, 0.717) is 17.9 Å². The quantitative estimate of drug-likeness (QED) is 0.121. The van der Waals surface area contributed by atoms with Gasteiger partial charge in [0.05, 0.1) is 12.2 Å². The first-order valence-corrected chi connectivity index (χ1v) is 16.5. The van der Waals surface area contributed by atoms with E-state index < -0.39 is 5.60 Å². The number of hydrogen-bond acceptors (Lipinski definition) is 6. The molecule has 0 amide bonds. The second-order valence-electron chi connectivity index (χ2n) is 12.0. The fourth-order valence-electron chi connectivity index (χ4n) is 6.65. The summed E-state index contributed by atoms with van der Waals surface area (Å²) in [5.41, 5.74) is 5.93. The molecule has 1 unspecified atom stereocenters. The molecular weight excluding hydrogens is 560 g/mol. The zero-order valence-corrected chi connectivity index (χ0v) is 26.9.